The molecule has 2 amide bonds. The Morgan fingerprint density at radius 1 is 0.865 bits per heavy atom. The summed E-state index contributed by atoms with van der Waals surface area (Å²) in [5, 5.41) is 0.468. The summed E-state index contributed by atoms with van der Waals surface area (Å²) in [6.45, 7) is 2.86. The molecule has 2 aliphatic carbocycles. The lowest BCUT2D eigenvalue weighted by atomic mass is 9.81. The Kier molecular flexibility index (Phi) is 7.40. The molecule has 2 aromatic rings. The average Bonchev–Trinajstić information content (AvgIpc) is 3.49. The maximum atomic E-state index is 13.2. The van der Waals surface area contributed by atoms with Crippen molar-refractivity contribution in [1.82, 2.24) is 18.9 Å². The first-order valence-corrected chi connectivity index (χ1v) is 13.7. The lowest BCUT2D eigenvalue weighted by Gasteiger charge is -2.38. The van der Waals surface area contributed by atoms with Gasteiger partial charge in [-0.05, 0) is 62.6 Å². The van der Waals surface area contributed by atoms with E-state index in [1.807, 2.05) is 9.80 Å². The van der Waals surface area contributed by atoms with Gasteiger partial charge >= 0.3 is 5.69 Å². The van der Waals surface area contributed by atoms with E-state index in [1.165, 1.54) is 9.13 Å². The molecule has 0 atom stereocenters. The third kappa shape index (κ3) is 5.05. The minimum absolute atomic E-state index is 0.0197. The first-order valence-electron chi connectivity index (χ1n) is 13.7. The summed E-state index contributed by atoms with van der Waals surface area (Å²) in [4.78, 5) is 56.0. The monoisotopic (exact) mass is 510 g/mol. The molecule has 0 spiro atoms. The minimum atomic E-state index is -0.314. The van der Waals surface area contributed by atoms with Crippen LogP contribution in [0.4, 0.5) is 0 Å². The highest BCUT2D eigenvalue weighted by Crippen LogP contribution is 2.32. The fourth-order valence-corrected chi connectivity index (χ4v) is 6.47. The predicted octanol–water partition coefficient (Wildman–Crippen LogP) is 2.38. The Morgan fingerprint density at radius 2 is 1.43 bits per heavy atom. The summed E-state index contributed by atoms with van der Waals surface area (Å²) in [5.41, 5.74) is -0.0162. The van der Waals surface area contributed by atoms with Crippen LogP contribution >= 0.6 is 0 Å². The number of hydrogen-bond donors (Lipinski definition) is 0. The number of carbonyl (C=O) groups is 2. The summed E-state index contributed by atoms with van der Waals surface area (Å²) in [5.74, 6) is 1.40. The van der Waals surface area contributed by atoms with Gasteiger partial charge in [-0.3, -0.25) is 23.5 Å². The Hall–Kier alpha value is -3.10. The van der Waals surface area contributed by atoms with Crippen molar-refractivity contribution in [2.45, 2.75) is 57.9 Å². The number of ether oxygens (including phenoxy) is 1. The summed E-state index contributed by atoms with van der Waals surface area (Å²) in [6.07, 6.45) is 7.46. The molecule has 3 aliphatic rings. The zero-order valence-electron chi connectivity index (χ0n) is 22.0. The molecule has 0 radical (unpaired) electrons. The van der Waals surface area contributed by atoms with Crippen LogP contribution in [0.15, 0.2) is 27.8 Å². The molecule has 3 fully saturated rings. The van der Waals surface area contributed by atoms with Crippen LogP contribution in [0.3, 0.4) is 0 Å². The third-order valence-electron chi connectivity index (χ3n) is 8.80. The van der Waals surface area contributed by atoms with Crippen molar-refractivity contribution in [3.63, 3.8) is 0 Å². The summed E-state index contributed by atoms with van der Waals surface area (Å²) in [6, 6.07) is 5.17. The normalized spacial score (nSPS) is 23.0. The topological polar surface area (TPSA) is 93.8 Å². The van der Waals surface area contributed by atoms with Gasteiger partial charge in [0, 0.05) is 51.6 Å². The number of rotatable bonds is 5. The van der Waals surface area contributed by atoms with Gasteiger partial charge in [0.1, 0.15) is 5.75 Å². The average molecular weight is 511 g/mol. The van der Waals surface area contributed by atoms with Crippen LogP contribution in [0.1, 0.15) is 51.4 Å². The fourth-order valence-electron chi connectivity index (χ4n) is 6.47. The van der Waals surface area contributed by atoms with Gasteiger partial charge in [-0.15, -0.1) is 0 Å². The van der Waals surface area contributed by atoms with E-state index >= 15 is 0 Å². The zero-order chi connectivity index (χ0) is 26.1. The number of aromatic nitrogens is 2. The van der Waals surface area contributed by atoms with Crippen LogP contribution in [0.25, 0.3) is 10.9 Å². The van der Waals surface area contributed by atoms with E-state index in [1.54, 1.807) is 32.4 Å². The van der Waals surface area contributed by atoms with Gasteiger partial charge in [-0.25, -0.2) is 4.79 Å². The van der Waals surface area contributed by atoms with E-state index < -0.39 is 0 Å². The molecule has 0 N–H and O–H groups in total. The van der Waals surface area contributed by atoms with Crippen molar-refractivity contribution in [2.75, 3.05) is 33.3 Å². The second-order valence-electron chi connectivity index (χ2n) is 11.0. The smallest absolute Gasteiger partial charge is 0.331 e. The van der Waals surface area contributed by atoms with E-state index in [0.29, 0.717) is 49.4 Å². The molecular weight excluding hydrogens is 472 g/mol. The number of benzene rings is 1. The van der Waals surface area contributed by atoms with Crippen LogP contribution < -0.4 is 16.0 Å². The second-order valence-corrected chi connectivity index (χ2v) is 11.0. The van der Waals surface area contributed by atoms with Gasteiger partial charge in [0.2, 0.25) is 11.8 Å². The lowest BCUT2D eigenvalue weighted by molar-refractivity contribution is -0.144. The van der Waals surface area contributed by atoms with Gasteiger partial charge in [0.05, 0.1) is 18.0 Å². The van der Waals surface area contributed by atoms with Crippen molar-refractivity contribution < 1.29 is 14.3 Å². The molecule has 37 heavy (non-hydrogen) atoms. The Morgan fingerprint density at radius 3 is 2.00 bits per heavy atom. The van der Waals surface area contributed by atoms with E-state index in [0.717, 1.165) is 51.4 Å². The number of carbonyl (C=O) groups excluding carboxylic acids is 2. The molecule has 1 saturated heterocycles. The highest BCUT2D eigenvalue weighted by molar-refractivity contribution is 5.81. The summed E-state index contributed by atoms with van der Waals surface area (Å²) < 4.78 is 8.13. The number of amides is 2. The first kappa shape index (κ1) is 25.5. The number of aryl methyl sites for hydroxylation is 1. The second kappa shape index (κ2) is 10.7. The molecule has 2 saturated carbocycles. The van der Waals surface area contributed by atoms with Crippen LogP contribution in [0, 0.1) is 17.8 Å². The Labute approximate surface area is 217 Å². The molecule has 1 aromatic carbocycles. The maximum Gasteiger partial charge on any atom is 0.331 e. The van der Waals surface area contributed by atoms with Gasteiger partial charge in [0.15, 0.2) is 0 Å². The molecule has 0 bridgehead atoms. The molecule has 2 heterocycles. The van der Waals surface area contributed by atoms with Gasteiger partial charge in [0.25, 0.3) is 5.56 Å². The van der Waals surface area contributed by atoms with Crippen molar-refractivity contribution in [3.8, 4) is 5.75 Å². The Balaban J connectivity index is 1.18. The molecule has 200 valence electrons. The minimum Gasteiger partial charge on any atom is -0.497 e. The third-order valence-corrected chi connectivity index (χ3v) is 8.80. The maximum absolute atomic E-state index is 13.2. The van der Waals surface area contributed by atoms with Gasteiger partial charge in [-0.2, -0.15) is 0 Å². The highest BCUT2D eigenvalue weighted by atomic mass is 16.5. The molecular formula is C28H38N4O5. The molecule has 9 nitrogen and oxygen atoms in total. The largest absolute Gasteiger partial charge is 0.497 e. The Bertz CT molecular complexity index is 1280. The van der Waals surface area contributed by atoms with Gasteiger partial charge in [-0.1, -0.05) is 12.8 Å². The number of piperazine rings is 1. The summed E-state index contributed by atoms with van der Waals surface area (Å²) in [7, 11) is 3.24. The number of fused-ring (bicyclic) bond motifs is 1. The first-order chi connectivity index (χ1) is 17.9. The molecule has 0 unspecified atom stereocenters. The van der Waals surface area contributed by atoms with E-state index in [9.17, 15) is 19.2 Å². The van der Waals surface area contributed by atoms with E-state index in [2.05, 4.69) is 0 Å². The lowest BCUT2D eigenvalue weighted by Crippen LogP contribution is -2.53. The quantitative estimate of drug-likeness (QED) is 0.616. The molecule has 5 rings (SSSR count). The molecule has 1 aromatic heterocycles. The zero-order valence-corrected chi connectivity index (χ0v) is 22.0. The number of methoxy groups -OCH3 is 1. The van der Waals surface area contributed by atoms with Crippen LogP contribution in [-0.2, 0) is 23.2 Å². The molecule has 1 aliphatic heterocycles. The standard InChI is InChI=1S/C28H38N4O5/c1-29-24-12-11-22(37-2)17-23(24)27(35)32(28(29)36)18-19-7-9-21(10-8-19)26(34)31-15-13-30(14-16-31)25(33)20-5-3-4-6-20/h11-12,17,19-21H,3-10,13-16,18H2,1-2H3. The van der Waals surface area contributed by atoms with Crippen molar-refractivity contribution in [1.29, 1.82) is 0 Å². The summed E-state index contributed by atoms with van der Waals surface area (Å²) >= 11 is 0. The van der Waals surface area contributed by atoms with Crippen molar-refractivity contribution in [3.05, 3.63) is 39.0 Å². The highest BCUT2D eigenvalue weighted by Gasteiger charge is 2.34. The van der Waals surface area contributed by atoms with Crippen molar-refractivity contribution in [2.24, 2.45) is 24.8 Å². The van der Waals surface area contributed by atoms with Crippen LogP contribution in [0.2, 0.25) is 0 Å². The fraction of sp³-hybridized carbons (Fsp3) is 0.643. The number of hydrogen-bond acceptors (Lipinski definition) is 5. The number of nitrogens with zero attached hydrogens (tertiary/aromatic N) is 4. The van der Waals surface area contributed by atoms with E-state index in [-0.39, 0.29) is 40.8 Å². The van der Waals surface area contributed by atoms with E-state index in [4.69, 9.17) is 4.74 Å². The molecule has 9 heteroatoms. The SMILES string of the molecule is COc1ccc2c(c1)c(=O)n(CC1CCC(C(=O)N3CCN(C(=O)C4CCCC4)CC3)CC1)c(=O)n2C. The predicted molar refractivity (Wildman–Crippen MR) is 141 cm³/mol. The van der Waals surface area contributed by atoms with Crippen molar-refractivity contribution >= 4 is 22.7 Å². The van der Waals surface area contributed by atoms with Crippen LogP contribution in [0.5, 0.6) is 5.75 Å². The van der Waals surface area contributed by atoms with Crippen LogP contribution in [-0.4, -0.2) is 64.0 Å². The van der Waals surface area contributed by atoms with Gasteiger partial charge < -0.3 is 14.5 Å².